The minimum absolute atomic E-state index is 0.00441. The van der Waals surface area contributed by atoms with Crippen LogP contribution in [-0.4, -0.2) is 45.1 Å². The van der Waals surface area contributed by atoms with E-state index >= 15 is 0 Å². The van der Waals surface area contributed by atoms with E-state index in [0.29, 0.717) is 0 Å². The van der Waals surface area contributed by atoms with Gasteiger partial charge in [0.25, 0.3) is 0 Å². The van der Waals surface area contributed by atoms with Crippen LogP contribution < -0.4 is 10.2 Å². The van der Waals surface area contributed by atoms with Crippen LogP contribution >= 0.6 is 0 Å². The summed E-state index contributed by atoms with van der Waals surface area (Å²) < 4.78 is 0. The third-order valence-corrected chi connectivity index (χ3v) is 7.04. The van der Waals surface area contributed by atoms with Crippen LogP contribution in [0.4, 0.5) is 5.82 Å². The van der Waals surface area contributed by atoms with E-state index in [0.717, 1.165) is 60.3 Å². The van der Waals surface area contributed by atoms with Crippen molar-refractivity contribution in [2.24, 2.45) is 11.3 Å². The molecule has 7 heteroatoms. The fourth-order valence-corrected chi connectivity index (χ4v) is 4.98. The highest BCUT2D eigenvalue weighted by molar-refractivity contribution is 5.87. The standard InChI is InChI=1S/C24H29N5O2/c1-15-3-5-17(6-4-15)20(30)16(2)28-23(31)19-8-12-29(13-24(19)9-10-24)22-18-7-11-25-21(18)26-14-27-22/h3-7,11,14,16,19-20,30H,8-10,12-13H2,1-2H3,(H,28,31)(H,25,26,27)/t16-,19?,20+/m0/s1. The number of aliphatic hydroxyl groups excluding tert-OH is 1. The minimum Gasteiger partial charge on any atom is -0.386 e. The zero-order valence-electron chi connectivity index (χ0n) is 18.0. The fourth-order valence-electron chi connectivity index (χ4n) is 4.98. The molecular formula is C24H29N5O2. The smallest absolute Gasteiger partial charge is 0.224 e. The summed E-state index contributed by atoms with van der Waals surface area (Å²) in [6.07, 6.45) is 5.66. The number of aromatic nitrogens is 3. The van der Waals surface area contributed by atoms with Crippen molar-refractivity contribution in [1.29, 1.82) is 0 Å². The third-order valence-electron chi connectivity index (χ3n) is 7.04. The molecule has 3 heterocycles. The maximum Gasteiger partial charge on any atom is 0.224 e. The van der Waals surface area contributed by atoms with Gasteiger partial charge in [0.05, 0.1) is 17.5 Å². The van der Waals surface area contributed by atoms with Gasteiger partial charge in [0.15, 0.2) is 0 Å². The summed E-state index contributed by atoms with van der Waals surface area (Å²) in [4.78, 5) is 27.5. The molecule has 31 heavy (non-hydrogen) atoms. The molecule has 0 bridgehead atoms. The summed E-state index contributed by atoms with van der Waals surface area (Å²) in [5.74, 6) is 0.977. The Morgan fingerprint density at radius 2 is 2.03 bits per heavy atom. The molecule has 1 unspecified atom stereocenters. The average Bonchev–Trinajstić information content (AvgIpc) is 3.34. The number of amides is 1. The molecule has 3 aromatic rings. The van der Waals surface area contributed by atoms with Crippen molar-refractivity contribution in [3.05, 3.63) is 54.0 Å². The number of fused-ring (bicyclic) bond motifs is 1. The van der Waals surface area contributed by atoms with Gasteiger partial charge in [-0.2, -0.15) is 0 Å². The average molecular weight is 420 g/mol. The number of hydrogen-bond donors (Lipinski definition) is 3. The van der Waals surface area contributed by atoms with Crippen LogP contribution in [0.3, 0.4) is 0 Å². The Kier molecular flexibility index (Phi) is 4.93. The third kappa shape index (κ3) is 3.67. The monoisotopic (exact) mass is 419 g/mol. The number of aryl methyl sites for hydroxylation is 1. The Morgan fingerprint density at radius 3 is 2.77 bits per heavy atom. The lowest BCUT2D eigenvalue weighted by Crippen LogP contribution is -2.50. The second kappa shape index (κ2) is 7.64. The first-order chi connectivity index (χ1) is 15.0. The molecule has 1 amide bonds. The molecule has 0 radical (unpaired) electrons. The molecule has 1 aliphatic carbocycles. The van der Waals surface area contributed by atoms with Crippen molar-refractivity contribution in [3.8, 4) is 0 Å². The first-order valence-corrected chi connectivity index (χ1v) is 11.0. The number of aliphatic hydroxyl groups is 1. The Labute approximate surface area is 181 Å². The van der Waals surface area contributed by atoms with E-state index in [4.69, 9.17) is 0 Å². The first kappa shape index (κ1) is 20.0. The molecule has 1 aromatic carbocycles. The Bertz CT molecular complexity index is 1090. The van der Waals surface area contributed by atoms with Crippen molar-refractivity contribution in [2.45, 2.75) is 45.3 Å². The SMILES string of the molecule is Cc1ccc([C@H](O)[C@H](C)NC(=O)C2CCN(c3ncnc4[nH]ccc34)CC23CC3)cc1. The fraction of sp³-hybridized carbons (Fsp3) is 0.458. The number of carbonyl (C=O) groups excluding carboxylic acids is 1. The van der Waals surface area contributed by atoms with Crippen LogP contribution in [0.1, 0.15) is 43.4 Å². The summed E-state index contributed by atoms with van der Waals surface area (Å²) in [7, 11) is 0. The van der Waals surface area contributed by atoms with Gasteiger partial charge in [-0.25, -0.2) is 9.97 Å². The number of anilines is 1. The quantitative estimate of drug-likeness (QED) is 0.591. The summed E-state index contributed by atoms with van der Waals surface area (Å²) >= 11 is 0. The van der Waals surface area contributed by atoms with Gasteiger partial charge in [-0.3, -0.25) is 4.79 Å². The van der Waals surface area contributed by atoms with E-state index in [1.54, 1.807) is 6.33 Å². The number of nitrogens with one attached hydrogen (secondary N) is 2. The van der Waals surface area contributed by atoms with Crippen LogP contribution in [0.15, 0.2) is 42.9 Å². The zero-order chi connectivity index (χ0) is 21.6. The van der Waals surface area contributed by atoms with Gasteiger partial charge in [0, 0.05) is 25.2 Å². The number of benzene rings is 1. The predicted molar refractivity (Wildman–Crippen MR) is 120 cm³/mol. The highest BCUT2D eigenvalue weighted by atomic mass is 16.3. The Morgan fingerprint density at radius 1 is 1.26 bits per heavy atom. The summed E-state index contributed by atoms with van der Waals surface area (Å²) in [5.41, 5.74) is 2.82. The Hall–Kier alpha value is -2.93. The number of piperidine rings is 1. The van der Waals surface area contributed by atoms with E-state index in [-0.39, 0.29) is 23.3 Å². The van der Waals surface area contributed by atoms with Crippen molar-refractivity contribution in [1.82, 2.24) is 20.3 Å². The molecule has 1 aliphatic heterocycles. The molecule has 7 nitrogen and oxygen atoms in total. The lowest BCUT2D eigenvalue weighted by atomic mass is 9.81. The van der Waals surface area contributed by atoms with Gasteiger partial charge in [0.1, 0.15) is 17.8 Å². The molecule has 1 saturated carbocycles. The second-order valence-electron chi connectivity index (χ2n) is 9.22. The van der Waals surface area contributed by atoms with Crippen LogP contribution in [0.25, 0.3) is 11.0 Å². The normalized spacial score (nSPS) is 21.8. The predicted octanol–water partition coefficient (Wildman–Crippen LogP) is 3.11. The van der Waals surface area contributed by atoms with E-state index in [1.807, 2.05) is 50.4 Å². The van der Waals surface area contributed by atoms with E-state index in [9.17, 15) is 9.90 Å². The van der Waals surface area contributed by atoms with Crippen LogP contribution in [0, 0.1) is 18.3 Å². The number of nitrogens with zero attached hydrogens (tertiary/aromatic N) is 3. The maximum atomic E-state index is 13.2. The van der Waals surface area contributed by atoms with Crippen LogP contribution in [-0.2, 0) is 4.79 Å². The van der Waals surface area contributed by atoms with Crippen molar-refractivity contribution >= 4 is 22.8 Å². The molecule has 2 aromatic heterocycles. The molecule has 162 valence electrons. The first-order valence-electron chi connectivity index (χ1n) is 11.0. The molecule has 3 atom stereocenters. The van der Waals surface area contributed by atoms with Gasteiger partial charge in [-0.1, -0.05) is 29.8 Å². The lowest BCUT2D eigenvalue weighted by molar-refractivity contribution is -0.129. The van der Waals surface area contributed by atoms with E-state index in [1.165, 1.54) is 0 Å². The summed E-state index contributed by atoms with van der Waals surface area (Å²) in [5, 5.41) is 14.8. The van der Waals surface area contributed by atoms with Gasteiger partial charge >= 0.3 is 0 Å². The number of H-pyrrole nitrogens is 1. The number of rotatable bonds is 5. The lowest BCUT2D eigenvalue weighted by Gasteiger charge is -2.39. The number of hydrogen-bond acceptors (Lipinski definition) is 5. The summed E-state index contributed by atoms with van der Waals surface area (Å²) in [6, 6.07) is 9.48. The topological polar surface area (TPSA) is 94.1 Å². The molecular weight excluding hydrogens is 390 g/mol. The summed E-state index contributed by atoms with van der Waals surface area (Å²) in [6.45, 7) is 5.51. The minimum atomic E-state index is -0.720. The molecule has 5 rings (SSSR count). The zero-order valence-corrected chi connectivity index (χ0v) is 18.0. The van der Waals surface area contributed by atoms with Crippen LogP contribution in [0.5, 0.6) is 0 Å². The molecule has 1 saturated heterocycles. The van der Waals surface area contributed by atoms with Gasteiger partial charge < -0.3 is 20.3 Å². The highest BCUT2D eigenvalue weighted by Gasteiger charge is 2.55. The second-order valence-corrected chi connectivity index (χ2v) is 9.22. The Balaban J connectivity index is 1.27. The number of aromatic amines is 1. The van der Waals surface area contributed by atoms with Crippen molar-refractivity contribution in [2.75, 3.05) is 18.0 Å². The van der Waals surface area contributed by atoms with Crippen LogP contribution in [0.2, 0.25) is 0 Å². The van der Waals surface area contributed by atoms with Gasteiger partial charge in [0.2, 0.25) is 5.91 Å². The number of carbonyl (C=O) groups is 1. The van der Waals surface area contributed by atoms with Gasteiger partial charge in [-0.05, 0) is 50.2 Å². The largest absolute Gasteiger partial charge is 0.386 e. The highest BCUT2D eigenvalue weighted by Crippen LogP contribution is 2.56. The van der Waals surface area contributed by atoms with Crippen molar-refractivity contribution in [3.63, 3.8) is 0 Å². The molecule has 2 aliphatic rings. The van der Waals surface area contributed by atoms with E-state index < -0.39 is 6.10 Å². The maximum absolute atomic E-state index is 13.2. The van der Waals surface area contributed by atoms with Crippen molar-refractivity contribution < 1.29 is 9.90 Å². The molecule has 3 N–H and O–H groups in total. The van der Waals surface area contributed by atoms with E-state index in [2.05, 4.69) is 25.2 Å². The van der Waals surface area contributed by atoms with Gasteiger partial charge in [-0.15, -0.1) is 0 Å². The molecule has 2 fully saturated rings. The molecule has 1 spiro atoms.